The van der Waals surface area contributed by atoms with Crippen LogP contribution in [0.5, 0.6) is 17.4 Å². The first-order valence-electron chi connectivity index (χ1n) is 13.8. The Kier molecular flexibility index (Phi) is 9.83. The van der Waals surface area contributed by atoms with Gasteiger partial charge in [0.2, 0.25) is 11.8 Å². The van der Waals surface area contributed by atoms with Crippen molar-refractivity contribution in [3.8, 4) is 17.4 Å². The van der Waals surface area contributed by atoms with Gasteiger partial charge in [-0.05, 0) is 60.2 Å². The van der Waals surface area contributed by atoms with Gasteiger partial charge in [0.05, 0.1) is 27.7 Å². The third-order valence-corrected chi connectivity index (χ3v) is 7.58. The molecule has 5 rings (SSSR count). The molecule has 1 saturated heterocycles. The SMILES string of the molecule is O=C(Cc1ccc(Oc2ccc(OC3CCN(C(=O)Nc4ccc(Cl)c(Cl)c4)CC3)cc2)nc1)Nc1ccccc1C(=O)O. The molecule has 0 spiro atoms. The van der Waals surface area contributed by atoms with E-state index in [-0.39, 0.29) is 35.7 Å². The Labute approximate surface area is 263 Å². The average Bonchev–Trinajstić information content (AvgIpc) is 3.01. The van der Waals surface area contributed by atoms with Gasteiger partial charge < -0.3 is 30.1 Å². The van der Waals surface area contributed by atoms with Crippen LogP contribution in [0.1, 0.15) is 28.8 Å². The van der Waals surface area contributed by atoms with E-state index < -0.39 is 5.97 Å². The topological polar surface area (TPSA) is 130 Å². The minimum Gasteiger partial charge on any atom is -0.490 e. The molecule has 1 fully saturated rings. The molecule has 1 aliphatic heterocycles. The minimum absolute atomic E-state index is 0.0196. The molecule has 0 bridgehead atoms. The molecule has 0 saturated carbocycles. The Morgan fingerprint density at radius 3 is 2.30 bits per heavy atom. The summed E-state index contributed by atoms with van der Waals surface area (Å²) in [7, 11) is 0. The number of benzene rings is 3. The monoisotopic (exact) mass is 634 g/mol. The van der Waals surface area contributed by atoms with Crippen LogP contribution in [0.25, 0.3) is 0 Å². The van der Waals surface area contributed by atoms with Gasteiger partial charge in [0.1, 0.15) is 17.6 Å². The molecule has 3 N–H and O–H groups in total. The number of nitrogens with one attached hydrogen (secondary N) is 2. The number of piperidine rings is 1. The van der Waals surface area contributed by atoms with Gasteiger partial charge in [-0.2, -0.15) is 0 Å². The highest BCUT2D eigenvalue weighted by molar-refractivity contribution is 6.42. The van der Waals surface area contributed by atoms with E-state index in [1.165, 1.54) is 18.3 Å². The fourth-order valence-corrected chi connectivity index (χ4v) is 4.88. The number of amides is 3. The van der Waals surface area contributed by atoms with E-state index in [9.17, 15) is 19.5 Å². The second-order valence-electron chi connectivity index (χ2n) is 10.0. The number of anilines is 2. The molecular weight excluding hydrogens is 607 g/mol. The molecule has 0 atom stereocenters. The number of likely N-dealkylation sites (tertiary alicyclic amines) is 1. The van der Waals surface area contributed by atoms with Gasteiger partial charge >= 0.3 is 12.0 Å². The van der Waals surface area contributed by atoms with Crippen LogP contribution in [0.4, 0.5) is 16.2 Å². The van der Waals surface area contributed by atoms with E-state index in [2.05, 4.69) is 15.6 Å². The fraction of sp³-hybridized carbons (Fsp3) is 0.188. The Bertz CT molecular complexity index is 1640. The first kappa shape index (κ1) is 30.7. The molecule has 10 nitrogen and oxygen atoms in total. The summed E-state index contributed by atoms with van der Waals surface area (Å²) in [5.74, 6) is 0.130. The summed E-state index contributed by atoms with van der Waals surface area (Å²) in [4.78, 5) is 42.4. The normalized spacial score (nSPS) is 13.2. The molecule has 2 heterocycles. The smallest absolute Gasteiger partial charge is 0.337 e. The third-order valence-electron chi connectivity index (χ3n) is 6.84. The number of hydrogen-bond acceptors (Lipinski definition) is 6. The van der Waals surface area contributed by atoms with Crippen LogP contribution in [0.2, 0.25) is 10.0 Å². The van der Waals surface area contributed by atoms with Crippen molar-refractivity contribution < 1.29 is 29.0 Å². The molecule has 226 valence electrons. The highest BCUT2D eigenvalue weighted by Gasteiger charge is 2.24. The molecule has 1 aromatic heterocycles. The summed E-state index contributed by atoms with van der Waals surface area (Å²) in [5, 5.41) is 15.6. The van der Waals surface area contributed by atoms with E-state index in [1.807, 2.05) is 12.1 Å². The highest BCUT2D eigenvalue weighted by Crippen LogP contribution is 2.27. The quantitative estimate of drug-likeness (QED) is 0.178. The molecule has 4 aromatic rings. The molecule has 0 aliphatic carbocycles. The number of hydrogen-bond donors (Lipinski definition) is 3. The van der Waals surface area contributed by atoms with Crippen LogP contribution in [-0.2, 0) is 11.2 Å². The van der Waals surface area contributed by atoms with E-state index in [0.717, 1.165) is 0 Å². The minimum atomic E-state index is -1.12. The van der Waals surface area contributed by atoms with Crippen LogP contribution < -0.4 is 20.1 Å². The van der Waals surface area contributed by atoms with Gasteiger partial charge in [-0.15, -0.1) is 0 Å². The number of para-hydroxylation sites is 1. The number of aromatic carboxylic acids is 1. The van der Waals surface area contributed by atoms with Crippen molar-refractivity contribution in [1.82, 2.24) is 9.88 Å². The molecule has 44 heavy (non-hydrogen) atoms. The van der Waals surface area contributed by atoms with Crippen molar-refractivity contribution in [2.75, 3.05) is 23.7 Å². The number of carboxylic acid groups (broad SMARTS) is 1. The average molecular weight is 636 g/mol. The number of urea groups is 1. The molecular formula is C32H28Cl2N4O6. The van der Waals surface area contributed by atoms with Crippen LogP contribution in [0, 0.1) is 0 Å². The Morgan fingerprint density at radius 2 is 1.61 bits per heavy atom. The summed E-state index contributed by atoms with van der Waals surface area (Å²) < 4.78 is 11.9. The molecule has 3 aromatic carbocycles. The van der Waals surface area contributed by atoms with Gasteiger partial charge in [-0.25, -0.2) is 14.6 Å². The summed E-state index contributed by atoms with van der Waals surface area (Å²) in [6, 6.07) is 21.5. The van der Waals surface area contributed by atoms with Crippen LogP contribution in [0.15, 0.2) is 85.1 Å². The lowest BCUT2D eigenvalue weighted by Crippen LogP contribution is -2.43. The number of ether oxygens (including phenoxy) is 2. The molecule has 12 heteroatoms. The maximum atomic E-state index is 12.6. The lowest BCUT2D eigenvalue weighted by atomic mass is 10.1. The second-order valence-corrected chi connectivity index (χ2v) is 10.8. The Hall–Kier alpha value is -4.80. The van der Waals surface area contributed by atoms with Crippen molar-refractivity contribution in [2.45, 2.75) is 25.4 Å². The van der Waals surface area contributed by atoms with E-state index >= 15 is 0 Å². The molecule has 1 aliphatic rings. The predicted octanol–water partition coefficient (Wildman–Crippen LogP) is 7.14. The summed E-state index contributed by atoms with van der Waals surface area (Å²) in [5.41, 5.74) is 1.48. The van der Waals surface area contributed by atoms with Crippen molar-refractivity contribution in [3.63, 3.8) is 0 Å². The summed E-state index contributed by atoms with van der Waals surface area (Å²) in [6.07, 6.45) is 2.90. The van der Waals surface area contributed by atoms with Crippen molar-refractivity contribution in [2.24, 2.45) is 0 Å². The lowest BCUT2D eigenvalue weighted by molar-refractivity contribution is -0.115. The number of halogens is 2. The van der Waals surface area contributed by atoms with Crippen LogP contribution in [0.3, 0.4) is 0 Å². The lowest BCUT2D eigenvalue weighted by Gasteiger charge is -2.32. The third kappa shape index (κ3) is 8.18. The summed E-state index contributed by atoms with van der Waals surface area (Å²) >= 11 is 12.0. The van der Waals surface area contributed by atoms with E-state index in [0.29, 0.717) is 64.6 Å². The zero-order valence-electron chi connectivity index (χ0n) is 23.3. The zero-order chi connectivity index (χ0) is 31.1. The Morgan fingerprint density at radius 1 is 0.886 bits per heavy atom. The van der Waals surface area contributed by atoms with Crippen molar-refractivity contribution >= 4 is 52.5 Å². The maximum Gasteiger partial charge on any atom is 0.337 e. The molecule has 0 radical (unpaired) electrons. The van der Waals surface area contributed by atoms with Crippen LogP contribution >= 0.6 is 23.2 Å². The number of rotatable bonds is 9. The largest absolute Gasteiger partial charge is 0.490 e. The Balaban J connectivity index is 1.06. The standard InChI is InChI=1S/C32H28Cl2N4O6/c33-26-11-6-21(18-27(26)34)36-32(42)38-15-13-24(14-16-38)43-22-7-9-23(10-8-22)44-30-12-5-20(19-35-30)17-29(39)37-28-4-2-1-3-25(28)31(40)41/h1-12,18-19,24H,13-17H2,(H,36,42)(H,37,39)(H,40,41). The number of carboxylic acids is 1. The first-order valence-corrected chi connectivity index (χ1v) is 14.5. The zero-order valence-corrected chi connectivity index (χ0v) is 24.8. The highest BCUT2D eigenvalue weighted by atomic mass is 35.5. The predicted molar refractivity (Wildman–Crippen MR) is 167 cm³/mol. The summed E-state index contributed by atoms with van der Waals surface area (Å²) in [6.45, 7) is 1.11. The van der Waals surface area contributed by atoms with Gasteiger partial charge in [-0.3, -0.25) is 4.79 Å². The molecule has 0 unspecified atom stereocenters. The number of pyridine rings is 1. The van der Waals surface area contributed by atoms with Gasteiger partial charge in [0.25, 0.3) is 0 Å². The van der Waals surface area contributed by atoms with Gasteiger partial charge in [0.15, 0.2) is 0 Å². The maximum absolute atomic E-state index is 12.6. The second kappa shape index (κ2) is 14.1. The number of aromatic nitrogens is 1. The van der Waals surface area contributed by atoms with Gasteiger partial charge in [-0.1, -0.05) is 41.4 Å². The first-order chi connectivity index (χ1) is 21.2. The number of nitrogens with zero attached hydrogens (tertiary/aromatic N) is 2. The van der Waals surface area contributed by atoms with Crippen molar-refractivity contribution in [3.05, 3.63) is 106 Å². The number of carbonyl (C=O) groups is 3. The number of carbonyl (C=O) groups excluding carboxylic acids is 2. The fourth-order valence-electron chi connectivity index (χ4n) is 4.59. The molecule has 3 amide bonds. The van der Waals surface area contributed by atoms with Crippen LogP contribution in [-0.4, -0.2) is 52.1 Å². The van der Waals surface area contributed by atoms with E-state index in [4.69, 9.17) is 32.7 Å². The van der Waals surface area contributed by atoms with Crippen molar-refractivity contribution in [1.29, 1.82) is 0 Å². The van der Waals surface area contributed by atoms with Gasteiger partial charge in [0, 0.05) is 43.9 Å². The van der Waals surface area contributed by atoms with E-state index in [1.54, 1.807) is 59.5 Å².